The van der Waals surface area contributed by atoms with Crippen molar-refractivity contribution in [2.75, 3.05) is 13.2 Å². The second-order valence-electron chi connectivity index (χ2n) is 5.28. The SMILES string of the molecule is Cc1cccc(/C=C/C(=O)OCCOc2ccc(S(N)(=O)=O)cc2)c1. The van der Waals surface area contributed by atoms with Crippen LogP contribution in [0.5, 0.6) is 5.75 Å². The highest BCUT2D eigenvalue weighted by molar-refractivity contribution is 7.89. The largest absolute Gasteiger partial charge is 0.490 e. The van der Waals surface area contributed by atoms with Gasteiger partial charge in [-0.3, -0.25) is 0 Å². The van der Waals surface area contributed by atoms with Gasteiger partial charge in [0, 0.05) is 6.08 Å². The van der Waals surface area contributed by atoms with E-state index < -0.39 is 16.0 Å². The minimum Gasteiger partial charge on any atom is -0.490 e. The van der Waals surface area contributed by atoms with Crippen LogP contribution < -0.4 is 9.88 Å². The van der Waals surface area contributed by atoms with E-state index in [2.05, 4.69) is 0 Å². The number of aryl methyl sites for hydroxylation is 1. The van der Waals surface area contributed by atoms with Gasteiger partial charge in [-0.15, -0.1) is 0 Å². The predicted octanol–water partition coefficient (Wildman–Crippen LogP) is 2.28. The molecule has 0 saturated heterocycles. The van der Waals surface area contributed by atoms with Crippen LogP contribution in [0, 0.1) is 6.92 Å². The fourth-order valence-corrected chi connectivity index (χ4v) is 2.53. The lowest BCUT2D eigenvalue weighted by molar-refractivity contribution is -0.138. The van der Waals surface area contributed by atoms with Crippen LogP contribution in [-0.4, -0.2) is 27.6 Å². The monoisotopic (exact) mass is 361 g/mol. The molecule has 25 heavy (non-hydrogen) atoms. The van der Waals surface area contributed by atoms with E-state index in [1.165, 1.54) is 30.3 Å². The van der Waals surface area contributed by atoms with Crippen LogP contribution in [0.4, 0.5) is 0 Å². The van der Waals surface area contributed by atoms with Crippen LogP contribution in [0.1, 0.15) is 11.1 Å². The highest BCUT2D eigenvalue weighted by Crippen LogP contribution is 2.14. The van der Waals surface area contributed by atoms with Crippen LogP contribution in [0.15, 0.2) is 59.5 Å². The number of nitrogens with two attached hydrogens (primary N) is 1. The maximum absolute atomic E-state index is 11.6. The Balaban J connectivity index is 1.74. The molecule has 0 amide bonds. The molecule has 0 fully saturated rings. The van der Waals surface area contributed by atoms with Crippen molar-refractivity contribution < 1.29 is 22.7 Å². The zero-order chi connectivity index (χ0) is 18.3. The number of ether oxygens (including phenoxy) is 2. The van der Waals surface area contributed by atoms with E-state index in [1.54, 1.807) is 6.08 Å². The van der Waals surface area contributed by atoms with Crippen molar-refractivity contribution in [3.63, 3.8) is 0 Å². The third kappa shape index (κ3) is 6.40. The second-order valence-corrected chi connectivity index (χ2v) is 6.84. The maximum atomic E-state index is 11.6. The van der Waals surface area contributed by atoms with Gasteiger partial charge in [-0.2, -0.15) is 0 Å². The Labute approximate surface area is 146 Å². The summed E-state index contributed by atoms with van der Waals surface area (Å²) in [6.07, 6.45) is 3.04. The molecule has 2 N–H and O–H groups in total. The first kappa shape index (κ1) is 18.7. The van der Waals surface area contributed by atoms with Gasteiger partial charge in [0.15, 0.2) is 0 Å². The molecule has 0 aliphatic rings. The zero-order valence-electron chi connectivity index (χ0n) is 13.7. The van der Waals surface area contributed by atoms with Gasteiger partial charge in [0.1, 0.15) is 19.0 Å². The van der Waals surface area contributed by atoms with Crippen LogP contribution in [-0.2, 0) is 19.6 Å². The van der Waals surface area contributed by atoms with Crippen molar-refractivity contribution in [3.05, 3.63) is 65.7 Å². The molecule has 0 spiro atoms. The van der Waals surface area contributed by atoms with Crippen LogP contribution in [0.25, 0.3) is 6.08 Å². The van der Waals surface area contributed by atoms with Crippen molar-refractivity contribution in [1.29, 1.82) is 0 Å². The highest BCUT2D eigenvalue weighted by Gasteiger charge is 2.07. The van der Waals surface area contributed by atoms with E-state index in [0.717, 1.165) is 11.1 Å². The highest BCUT2D eigenvalue weighted by atomic mass is 32.2. The van der Waals surface area contributed by atoms with Gasteiger partial charge in [-0.1, -0.05) is 29.8 Å². The number of rotatable bonds is 7. The third-order valence-corrected chi connectivity index (χ3v) is 4.13. The van der Waals surface area contributed by atoms with E-state index in [-0.39, 0.29) is 18.1 Å². The van der Waals surface area contributed by atoms with E-state index in [4.69, 9.17) is 14.6 Å². The Kier molecular flexibility index (Phi) is 6.32. The molecule has 2 rings (SSSR count). The topological polar surface area (TPSA) is 95.7 Å². The van der Waals surface area contributed by atoms with Gasteiger partial charge >= 0.3 is 5.97 Å². The summed E-state index contributed by atoms with van der Waals surface area (Å²) < 4.78 is 32.7. The molecule has 0 bridgehead atoms. The lowest BCUT2D eigenvalue weighted by Gasteiger charge is -2.07. The number of hydrogen-bond acceptors (Lipinski definition) is 5. The molecule has 0 aliphatic heterocycles. The van der Waals surface area contributed by atoms with Crippen molar-refractivity contribution >= 4 is 22.1 Å². The Bertz CT molecular complexity index is 857. The lowest BCUT2D eigenvalue weighted by Crippen LogP contribution is -2.12. The fourth-order valence-electron chi connectivity index (χ4n) is 2.01. The second kappa shape index (κ2) is 8.46. The van der Waals surface area contributed by atoms with E-state index in [1.807, 2.05) is 31.2 Å². The molecule has 0 aromatic heterocycles. The van der Waals surface area contributed by atoms with Gasteiger partial charge in [-0.05, 0) is 42.8 Å². The summed E-state index contributed by atoms with van der Waals surface area (Å²) in [4.78, 5) is 11.6. The molecule has 0 saturated carbocycles. The minimum atomic E-state index is -3.72. The molecular weight excluding hydrogens is 342 g/mol. The summed E-state index contributed by atoms with van der Waals surface area (Å²) in [5.41, 5.74) is 2.03. The molecule has 0 heterocycles. The number of benzene rings is 2. The van der Waals surface area contributed by atoms with Crippen LogP contribution >= 0.6 is 0 Å². The Hall–Kier alpha value is -2.64. The molecule has 0 radical (unpaired) electrons. The Morgan fingerprint density at radius 3 is 2.48 bits per heavy atom. The van der Waals surface area contributed by atoms with Crippen molar-refractivity contribution in [1.82, 2.24) is 0 Å². The van der Waals surface area contributed by atoms with Crippen molar-refractivity contribution in [2.24, 2.45) is 5.14 Å². The minimum absolute atomic E-state index is 0.00700. The molecule has 0 aliphatic carbocycles. The lowest BCUT2D eigenvalue weighted by atomic mass is 10.1. The van der Waals surface area contributed by atoms with Crippen LogP contribution in [0.2, 0.25) is 0 Å². The first-order chi connectivity index (χ1) is 11.8. The Morgan fingerprint density at radius 1 is 1.12 bits per heavy atom. The molecule has 2 aromatic rings. The fraction of sp³-hybridized carbons (Fsp3) is 0.167. The quantitative estimate of drug-likeness (QED) is 0.464. The van der Waals surface area contributed by atoms with Crippen molar-refractivity contribution in [3.8, 4) is 5.75 Å². The summed E-state index contributed by atoms with van der Waals surface area (Å²) in [6.45, 7) is 2.20. The molecular formula is C18H19NO5S. The normalized spacial score (nSPS) is 11.4. The smallest absolute Gasteiger partial charge is 0.330 e. The number of carbonyl (C=O) groups is 1. The summed E-state index contributed by atoms with van der Waals surface area (Å²) in [7, 11) is -3.72. The van der Waals surface area contributed by atoms with E-state index >= 15 is 0 Å². The number of primary sulfonamides is 1. The van der Waals surface area contributed by atoms with Gasteiger partial charge in [-0.25, -0.2) is 18.4 Å². The van der Waals surface area contributed by atoms with Crippen molar-refractivity contribution in [2.45, 2.75) is 11.8 Å². The van der Waals surface area contributed by atoms with Gasteiger partial charge in [0.2, 0.25) is 10.0 Å². The van der Waals surface area contributed by atoms with E-state index in [0.29, 0.717) is 5.75 Å². The molecule has 0 atom stereocenters. The third-order valence-electron chi connectivity index (χ3n) is 3.20. The molecule has 132 valence electrons. The molecule has 2 aromatic carbocycles. The Morgan fingerprint density at radius 2 is 1.84 bits per heavy atom. The first-order valence-corrected chi connectivity index (χ1v) is 9.06. The number of hydrogen-bond donors (Lipinski definition) is 1. The summed E-state index contributed by atoms with van der Waals surface area (Å²) in [5, 5.41) is 5.01. The van der Waals surface area contributed by atoms with Crippen LogP contribution in [0.3, 0.4) is 0 Å². The molecule has 7 heteroatoms. The van der Waals surface area contributed by atoms with Gasteiger partial charge in [0.25, 0.3) is 0 Å². The average Bonchev–Trinajstić information content (AvgIpc) is 2.57. The van der Waals surface area contributed by atoms with Gasteiger partial charge in [0.05, 0.1) is 4.90 Å². The standard InChI is InChI=1S/C18H19NO5S/c1-14-3-2-4-15(13-14)5-10-18(20)24-12-11-23-16-6-8-17(9-7-16)25(19,21)22/h2-10,13H,11-12H2,1H3,(H2,19,21,22)/b10-5+. The van der Waals surface area contributed by atoms with E-state index in [9.17, 15) is 13.2 Å². The summed E-state index contributed by atoms with van der Waals surface area (Å²) in [5.74, 6) is -0.00608. The van der Waals surface area contributed by atoms with Gasteiger partial charge < -0.3 is 9.47 Å². The predicted molar refractivity (Wildman–Crippen MR) is 94.5 cm³/mol. The number of carbonyl (C=O) groups excluding carboxylic acids is 1. The first-order valence-electron chi connectivity index (χ1n) is 7.52. The zero-order valence-corrected chi connectivity index (χ0v) is 14.5. The number of esters is 1. The maximum Gasteiger partial charge on any atom is 0.330 e. The summed E-state index contributed by atoms with van der Waals surface area (Å²) >= 11 is 0. The molecule has 0 unspecified atom stereocenters. The average molecular weight is 361 g/mol. The number of sulfonamides is 1. The molecule has 6 nitrogen and oxygen atoms in total. The summed E-state index contributed by atoms with van der Waals surface area (Å²) in [6, 6.07) is 13.4.